The fraction of sp³-hybridized carbons (Fsp3) is 0.389. The summed E-state index contributed by atoms with van der Waals surface area (Å²) in [6, 6.07) is 10.9. The number of aromatic nitrogens is 2. The highest BCUT2D eigenvalue weighted by Crippen LogP contribution is 2.12. The molecule has 1 aromatic carbocycles. The number of nitrogens with one attached hydrogen (secondary N) is 2. The van der Waals surface area contributed by atoms with Gasteiger partial charge in [-0.25, -0.2) is 4.68 Å². The number of hydrogen-bond donors (Lipinski definition) is 2. The van der Waals surface area contributed by atoms with Crippen LogP contribution in [0.1, 0.15) is 29.5 Å². The van der Waals surface area contributed by atoms with Gasteiger partial charge < -0.3 is 10.6 Å². The fourth-order valence-corrected chi connectivity index (χ4v) is 2.95. The molecular weight excluding hydrogens is 340 g/mol. The summed E-state index contributed by atoms with van der Waals surface area (Å²) in [5.41, 5.74) is 1.09. The number of carbonyl (C=O) groups excluding carboxylic acids is 1. The van der Waals surface area contributed by atoms with Crippen molar-refractivity contribution in [3.8, 4) is 5.69 Å². The lowest BCUT2D eigenvalue weighted by Crippen LogP contribution is -2.51. The van der Waals surface area contributed by atoms with E-state index in [0.717, 1.165) is 18.7 Å². The molecule has 7 heteroatoms. The molecule has 1 aliphatic heterocycles. The Morgan fingerprint density at radius 2 is 2.04 bits per heavy atom. The van der Waals surface area contributed by atoms with Crippen LogP contribution in [0.5, 0.6) is 0 Å². The molecule has 134 valence electrons. The Kier molecular flexibility index (Phi) is 6.33. The second-order valence-electron chi connectivity index (χ2n) is 6.30. The summed E-state index contributed by atoms with van der Waals surface area (Å²) >= 11 is 0. The molecule has 0 saturated carbocycles. The molecular formula is C18H23ClN4O2. The quantitative estimate of drug-likeness (QED) is 0.871. The first-order valence-electron chi connectivity index (χ1n) is 8.24. The van der Waals surface area contributed by atoms with E-state index in [-0.39, 0.29) is 29.6 Å². The molecule has 2 aromatic rings. The molecule has 25 heavy (non-hydrogen) atoms. The predicted octanol–water partition coefficient (Wildman–Crippen LogP) is 1.69. The Balaban J connectivity index is 0.00000225. The first-order chi connectivity index (χ1) is 11.6. The average Bonchev–Trinajstić information content (AvgIpc) is 2.58. The van der Waals surface area contributed by atoms with E-state index in [1.807, 2.05) is 30.3 Å². The lowest BCUT2D eigenvalue weighted by Gasteiger charge is -2.30. The van der Waals surface area contributed by atoms with Gasteiger partial charge in [-0.15, -0.1) is 12.4 Å². The first kappa shape index (κ1) is 19.1. The van der Waals surface area contributed by atoms with Crippen LogP contribution < -0.4 is 16.1 Å². The van der Waals surface area contributed by atoms with Gasteiger partial charge in [0, 0.05) is 24.3 Å². The Morgan fingerprint density at radius 3 is 2.72 bits per heavy atom. The number of nitrogens with zero attached hydrogens (tertiary/aromatic N) is 2. The van der Waals surface area contributed by atoms with Crippen molar-refractivity contribution in [2.75, 3.05) is 13.1 Å². The number of para-hydroxylation sites is 1. The maximum Gasteiger partial charge on any atom is 0.276 e. The van der Waals surface area contributed by atoms with Crippen LogP contribution >= 0.6 is 12.4 Å². The largest absolute Gasteiger partial charge is 0.346 e. The van der Waals surface area contributed by atoms with E-state index in [9.17, 15) is 9.59 Å². The summed E-state index contributed by atoms with van der Waals surface area (Å²) < 4.78 is 1.62. The molecule has 6 nitrogen and oxygen atoms in total. The molecule has 0 radical (unpaired) electrons. The second-order valence-corrected chi connectivity index (χ2v) is 6.30. The van der Waals surface area contributed by atoms with E-state index < -0.39 is 5.91 Å². The highest BCUT2D eigenvalue weighted by Gasteiger charge is 2.25. The molecule has 3 rings (SSSR count). The molecule has 2 unspecified atom stereocenters. The van der Waals surface area contributed by atoms with Crippen molar-refractivity contribution in [3.63, 3.8) is 0 Å². The molecule has 0 bridgehead atoms. The van der Waals surface area contributed by atoms with Crippen LogP contribution in [-0.2, 0) is 0 Å². The monoisotopic (exact) mass is 362 g/mol. The molecule has 1 saturated heterocycles. The minimum absolute atomic E-state index is 0. The first-order valence-corrected chi connectivity index (χ1v) is 8.24. The van der Waals surface area contributed by atoms with E-state index >= 15 is 0 Å². The Bertz CT molecular complexity index is 791. The van der Waals surface area contributed by atoms with Crippen molar-refractivity contribution in [2.24, 2.45) is 5.92 Å². The van der Waals surface area contributed by atoms with Crippen LogP contribution in [0.2, 0.25) is 0 Å². The molecule has 1 fully saturated rings. The molecule has 2 N–H and O–H groups in total. The van der Waals surface area contributed by atoms with Crippen molar-refractivity contribution in [1.29, 1.82) is 0 Å². The number of piperidine rings is 1. The van der Waals surface area contributed by atoms with Crippen LogP contribution in [0.3, 0.4) is 0 Å². The van der Waals surface area contributed by atoms with Gasteiger partial charge >= 0.3 is 0 Å². The summed E-state index contributed by atoms with van der Waals surface area (Å²) in [7, 11) is 0. The summed E-state index contributed by atoms with van der Waals surface area (Å²) in [4.78, 5) is 24.8. The lowest BCUT2D eigenvalue weighted by molar-refractivity contribution is 0.0907. The van der Waals surface area contributed by atoms with Gasteiger partial charge in [-0.1, -0.05) is 25.1 Å². The summed E-state index contributed by atoms with van der Waals surface area (Å²) in [5.74, 6) is -0.0396. The molecule has 1 aromatic heterocycles. The van der Waals surface area contributed by atoms with E-state index in [1.54, 1.807) is 11.6 Å². The number of benzene rings is 1. The number of aryl methyl sites for hydroxylation is 1. The van der Waals surface area contributed by atoms with Crippen molar-refractivity contribution in [1.82, 2.24) is 20.4 Å². The SMILES string of the molecule is Cc1cc(=O)c(C(=O)NC2CNCCC2C)nn1-c1ccccc1.Cl. The number of halogens is 1. The number of hydrogen-bond acceptors (Lipinski definition) is 4. The molecule has 1 amide bonds. The Hall–Kier alpha value is -2.18. The van der Waals surface area contributed by atoms with E-state index in [4.69, 9.17) is 0 Å². The maximum absolute atomic E-state index is 12.6. The van der Waals surface area contributed by atoms with E-state index in [0.29, 0.717) is 18.2 Å². The third-order valence-electron chi connectivity index (χ3n) is 4.47. The zero-order valence-electron chi connectivity index (χ0n) is 14.4. The topological polar surface area (TPSA) is 76.0 Å². The number of rotatable bonds is 3. The van der Waals surface area contributed by atoms with Crippen LogP contribution in [0.4, 0.5) is 0 Å². The van der Waals surface area contributed by atoms with Gasteiger partial charge in [0.1, 0.15) is 0 Å². The van der Waals surface area contributed by atoms with Gasteiger partial charge in [0.05, 0.1) is 5.69 Å². The van der Waals surface area contributed by atoms with Gasteiger partial charge in [-0.2, -0.15) is 5.10 Å². The minimum atomic E-state index is -0.412. The zero-order chi connectivity index (χ0) is 17.1. The van der Waals surface area contributed by atoms with Crippen LogP contribution in [0.25, 0.3) is 5.69 Å². The van der Waals surface area contributed by atoms with Crippen molar-refractivity contribution < 1.29 is 4.79 Å². The third kappa shape index (κ3) is 4.27. The van der Waals surface area contributed by atoms with Gasteiger partial charge in [0.15, 0.2) is 5.69 Å². The van der Waals surface area contributed by atoms with E-state index in [1.165, 1.54) is 6.07 Å². The number of amides is 1. The molecule has 2 atom stereocenters. The fourth-order valence-electron chi connectivity index (χ4n) is 2.95. The Morgan fingerprint density at radius 1 is 1.32 bits per heavy atom. The molecule has 0 aliphatic carbocycles. The molecule has 0 spiro atoms. The minimum Gasteiger partial charge on any atom is -0.346 e. The number of carbonyl (C=O) groups is 1. The van der Waals surface area contributed by atoms with Crippen LogP contribution in [0, 0.1) is 12.8 Å². The normalized spacial score (nSPS) is 19.8. The van der Waals surface area contributed by atoms with Gasteiger partial charge in [0.2, 0.25) is 5.43 Å². The van der Waals surface area contributed by atoms with Crippen molar-refractivity contribution in [2.45, 2.75) is 26.3 Å². The predicted molar refractivity (Wildman–Crippen MR) is 99.7 cm³/mol. The third-order valence-corrected chi connectivity index (χ3v) is 4.47. The maximum atomic E-state index is 12.6. The second kappa shape index (κ2) is 8.27. The molecule has 1 aliphatic rings. The Labute approximate surface area is 153 Å². The highest BCUT2D eigenvalue weighted by molar-refractivity contribution is 5.92. The van der Waals surface area contributed by atoms with Crippen molar-refractivity contribution in [3.05, 3.63) is 58.0 Å². The zero-order valence-corrected chi connectivity index (χ0v) is 15.2. The average molecular weight is 363 g/mol. The van der Waals surface area contributed by atoms with Gasteiger partial charge in [0.25, 0.3) is 5.91 Å². The van der Waals surface area contributed by atoms with Crippen LogP contribution in [0.15, 0.2) is 41.2 Å². The van der Waals surface area contributed by atoms with E-state index in [2.05, 4.69) is 22.7 Å². The summed E-state index contributed by atoms with van der Waals surface area (Å²) in [6.07, 6.45) is 1.00. The van der Waals surface area contributed by atoms with Crippen LogP contribution in [-0.4, -0.2) is 34.8 Å². The van der Waals surface area contributed by atoms with Crippen molar-refractivity contribution >= 4 is 18.3 Å². The molecule has 2 heterocycles. The standard InChI is InChI=1S/C18H22N4O2.ClH/c1-12-8-9-19-11-15(12)20-18(24)17-16(23)10-13(2)22(21-17)14-6-4-3-5-7-14;/h3-7,10,12,15,19H,8-9,11H2,1-2H3,(H,20,24);1H. The van der Waals surface area contributed by atoms with Gasteiger partial charge in [-0.05, 0) is 37.9 Å². The smallest absolute Gasteiger partial charge is 0.276 e. The summed E-state index contributed by atoms with van der Waals surface area (Å²) in [6.45, 7) is 5.58. The lowest BCUT2D eigenvalue weighted by atomic mass is 9.95. The summed E-state index contributed by atoms with van der Waals surface area (Å²) in [5, 5.41) is 10.5. The van der Waals surface area contributed by atoms with Gasteiger partial charge in [-0.3, -0.25) is 9.59 Å². The highest BCUT2D eigenvalue weighted by atomic mass is 35.5.